The second-order valence-corrected chi connectivity index (χ2v) is 4.29. The fourth-order valence-electron chi connectivity index (χ4n) is 1.71. The standard InChI is InChI=1S/C12H12ClN3O2/c1-3-10-14-11(12(17)18)15-16(10)9-5-4-8(13)6-7(9)2/h4-6H,3H2,1-2H3,(H,17,18). The molecular weight excluding hydrogens is 254 g/mol. The molecule has 0 fully saturated rings. The van der Waals surface area contributed by atoms with Gasteiger partial charge >= 0.3 is 5.97 Å². The van der Waals surface area contributed by atoms with E-state index in [1.165, 1.54) is 0 Å². The summed E-state index contributed by atoms with van der Waals surface area (Å²) in [6.07, 6.45) is 0.600. The van der Waals surface area contributed by atoms with E-state index in [2.05, 4.69) is 10.1 Å². The van der Waals surface area contributed by atoms with Gasteiger partial charge in [0.25, 0.3) is 5.82 Å². The lowest BCUT2D eigenvalue weighted by atomic mass is 10.2. The minimum Gasteiger partial charge on any atom is -0.475 e. The minimum atomic E-state index is -1.13. The van der Waals surface area contributed by atoms with E-state index in [1.807, 2.05) is 13.8 Å². The molecule has 0 unspecified atom stereocenters. The van der Waals surface area contributed by atoms with Crippen LogP contribution in [0.25, 0.3) is 5.69 Å². The Kier molecular flexibility index (Phi) is 3.34. The van der Waals surface area contributed by atoms with Gasteiger partial charge in [0.1, 0.15) is 5.82 Å². The third kappa shape index (κ3) is 2.22. The average molecular weight is 266 g/mol. The largest absolute Gasteiger partial charge is 0.475 e. The highest BCUT2D eigenvalue weighted by Gasteiger charge is 2.16. The van der Waals surface area contributed by atoms with Gasteiger partial charge in [-0.15, -0.1) is 5.10 Å². The Morgan fingerprint density at radius 2 is 2.22 bits per heavy atom. The van der Waals surface area contributed by atoms with Crippen LogP contribution in [0, 0.1) is 6.92 Å². The van der Waals surface area contributed by atoms with Gasteiger partial charge in [-0.2, -0.15) is 0 Å². The van der Waals surface area contributed by atoms with Gasteiger partial charge in [0.2, 0.25) is 0 Å². The zero-order valence-electron chi connectivity index (χ0n) is 10.0. The molecule has 0 aliphatic rings. The maximum Gasteiger partial charge on any atom is 0.375 e. The van der Waals surface area contributed by atoms with Crippen LogP contribution >= 0.6 is 11.6 Å². The van der Waals surface area contributed by atoms with E-state index in [9.17, 15) is 4.79 Å². The van der Waals surface area contributed by atoms with Gasteiger partial charge in [-0.3, -0.25) is 0 Å². The molecular formula is C12H12ClN3O2. The topological polar surface area (TPSA) is 68.0 Å². The van der Waals surface area contributed by atoms with Crippen molar-refractivity contribution in [3.63, 3.8) is 0 Å². The van der Waals surface area contributed by atoms with Crippen molar-refractivity contribution in [1.82, 2.24) is 14.8 Å². The molecule has 5 nitrogen and oxygen atoms in total. The molecule has 1 heterocycles. The number of aryl methyl sites for hydroxylation is 2. The van der Waals surface area contributed by atoms with Crippen LogP contribution in [0.1, 0.15) is 28.9 Å². The molecule has 0 bridgehead atoms. The molecule has 1 N–H and O–H groups in total. The lowest BCUT2D eigenvalue weighted by molar-refractivity contribution is 0.0683. The zero-order valence-corrected chi connectivity index (χ0v) is 10.8. The number of aromatic nitrogens is 3. The normalized spacial score (nSPS) is 10.6. The van der Waals surface area contributed by atoms with Gasteiger partial charge in [-0.25, -0.2) is 14.5 Å². The fourth-order valence-corrected chi connectivity index (χ4v) is 1.94. The number of hydrogen-bond donors (Lipinski definition) is 1. The summed E-state index contributed by atoms with van der Waals surface area (Å²) >= 11 is 5.89. The lowest BCUT2D eigenvalue weighted by Crippen LogP contribution is -2.05. The molecule has 94 valence electrons. The van der Waals surface area contributed by atoms with E-state index in [0.717, 1.165) is 11.3 Å². The first-order valence-corrected chi connectivity index (χ1v) is 5.86. The maximum atomic E-state index is 10.9. The Bertz CT molecular complexity index is 607. The first-order valence-electron chi connectivity index (χ1n) is 5.48. The second kappa shape index (κ2) is 4.78. The lowest BCUT2D eigenvalue weighted by Gasteiger charge is -2.07. The van der Waals surface area contributed by atoms with Crippen molar-refractivity contribution in [1.29, 1.82) is 0 Å². The first-order chi connectivity index (χ1) is 8.52. The van der Waals surface area contributed by atoms with Crippen LogP contribution in [0.5, 0.6) is 0 Å². The summed E-state index contributed by atoms with van der Waals surface area (Å²) < 4.78 is 1.55. The fraction of sp³-hybridized carbons (Fsp3) is 0.250. The summed E-state index contributed by atoms with van der Waals surface area (Å²) in [5.41, 5.74) is 1.70. The highest BCUT2D eigenvalue weighted by molar-refractivity contribution is 6.30. The summed E-state index contributed by atoms with van der Waals surface area (Å²) in [7, 11) is 0. The molecule has 2 aromatic rings. The molecule has 6 heteroatoms. The Labute approximate surface area is 109 Å². The van der Waals surface area contributed by atoms with Gasteiger partial charge < -0.3 is 5.11 Å². The Morgan fingerprint density at radius 1 is 1.50 bits per heavy atom. The number of benzene rings is 1. The monoisotopic (exact) mass is 265 g/mol. The SMILES string of the molecule is CCc1nc(C(=O)O)nn1-c1ccc(Cl)cc1C. The molecule has 1 aromatic carbocycles. The van der Waals surface area contributed by atoms with Crippen LogP contribution in [-0.4, -0.2) is 25.8 Å². The van der Waals surface area contributed by atoms with Gasteiger partial charge in [0, 0.05) is 11.4 Å². The van der Waals surface area contributed by atoms with Gasteiger partial charge in [-0.1, -0.05) is 18.5 Å². The second-order valence-electron chi connectivity index (χ2n) is 3.85. The van der Waals surface area contributed by atoms with Crippen molar-refractivity contribution < 1.29 is 9.90 Å². The van der Waals surface area contributed by atoms with Gasteiger partial charge in [0.05, 0.1) is 5.69 Å². The number of rotatable bonds is 3. The first kappa shape index (κ1) is 12.6. The molecule has 0 amide bonds. The van der Waals surface area contributed by atoms with Crippen LogP contribution in [0.4, 0.5) is 0 Å². The average Bonchev–Trinajstić information content (AvgIpc) is 2.73. The summed E-state index contributed by atoms with van der Waals surface area (Å²) in [6.45, 7) is 3.79. The summed E-state index contributed by atoms with van der Waals surface area (Å²) in [5, 5.41) is 13.6. The van der Waals surface area contributed by atoms with E-state index in [0.29, 0.717) is 17.3 Å². The van der Waals surface area contributed by atoms with E-state index in [1.54, 1.807) is 22.9 Å². The quantitative estimate of drug-likeness (QED) is 0.926. The zero-order chi connectivity index (χ0) is 13.3. The van der Waals surface area contributed by atoms with Crippen molar-refractivity contribution in [2.75, 3.05) is 0 Å². The van der Waals surface area contributed by atoms with E-state index < -0.39 is 5.97 Å². The molecule has 0 atom stereocenters. The van der Waals surface area contributed by atoms with Crippen molar-refractivity contribution in [3.8, 4) is 5.69 Å². The number of carbonyl (C=O) groups is 1. The van der Waals surface area contributed by atoms with Gasteiger partial charge in [-0.05, 0) is 30.7 Å². The van der Waals surface area contributed by atoms with E-state index in [4.69, 9.17) is 16.7 Å². The maximum absolute atomic E-state index is 10.9. The number of carboxylic acid groups (broad SMARTS) is 1. The Morgan fingerprint density at radius 3 is 2.78 bits per heavy atom. The minimum absolute atomic E-state index is 0.193. The summed E-state index contributed by atoms with van der Waals surface area (Å²) in [5.74, 6) is -0.714. The van der Waals surface area contributed by atoms with Crippen LogP contribution in [0.2, 0.25) is 5.02 Å². The Hall–Kier alpha value is -1.88. The third-order valence-corrected chi connectivity index (χ3v) is 2.80. The van der Waals surface area contributed by atoms with Gasteiger partial charge in [0.15, 0.2) is 0 Å². The third-order valence-electron chi connectivity index (χ3n) is 2.57. The van der Waals surface area contributed by atoms with Crippen molar-refractivity contribution in [3.05, 3.63) is 40.4 Å². The van der Waals surface area contributed by atoms with Crippen LogP contribution in [0.15, 0.2) is 18.2 Å². The highest BCUT2D eigenvalue weighted by Crippen LogP contribution is 2.19. The van der Waals surface area contributed by atoms with Crippen LogP contribution < -0.4 is 0 Å². The molecule has 0 aliphatic carbocycles. The molecule has 18 heavy (non-hydrogen) atoms. The van der Waals surface area contributed by atoms with Crippen molar-refractivity contribution in [2.45, 2.75) is 20.3 Å². The number of nitrogens with zero attached hydrogens (tertiary/aromatic N) is 3. The number of hydrogen-bond acceptors (Lipinski definition) is 3. The highest BCUT2D eigenvalue weighted by atomic mass is 35.5. The molecule has 0 saturated carbocycles. The molecule has 2 rings (SSSR count). The summed E-state index contributed by atoms with van der Waals surface area (Å²) in [4.78, 5) is 14.9. The number of aromatic carboxylic acids is 1. The molecule has 0 aliphatic heterocycles. The predicted octanol–water partition coefficient (Wildman–Crippen LogP) is 2.49. The Balaban J connectivity index is 2.58. The molecule has 0 radical (unpaired) electrons. The van der Waals surface area contributed by atoms with Crippen molar-refractivity contribution >= 4 is 17.6 Å². The van der Waals surface area contributed by atoms with Crippen molar-refractivity contribution in [2.24, 2.45) is 0 Å². The van der Waals surface area contributed by atoms with Crippen LogP contribution in [0.3, 0.4) is 0 Å². The number of carboxylic acids is 1. The number of halogens is 1. The summed E-state index contributed by atoms with van der Waals surface area (Å²) in [6, 6.07) is 5.35. The van der Waals surface area contributed by atoms with E-state index in [-0.39, 0.29) is 5.82 Å². The predicted molar refractivity (Wildman–Crippen MR) is 67.4 cm³/mol. The molecule has 1 aromatic heterocycles. The molecule has 0 saturated heterocycles. The molecule has 0 spiro atoms. The smallest absolute Gasteiger partial charge is 0.375 e. The van der Waals surface area contributed by atoms with E-state index >= 15 is 0 Å². The van der Waals surface area contributed by atoms with Crippen LogP contribution in [-0.2, 0) is 6.42 Å².